The van der Waals surface area contributed by atoms with E-state index < -0.39 is 17.4 Å². The molecule has 1 aliphatic heterocycles. The number of rotatable bonds is 7. The van der Waals surface area contributed by atoms with E-state index in [1.54, 1.807) is 4.90 Å². The van der Waals surface area contributed by atoms with Crippen LogP contribution < -0.4 is 5.32 Å². The summed E-state index contributed by atoms with van der Waals surface area (Å²) in [6, 6.07) is 0. The van der Waals surface area contributed by atoms with Crippen molar-refractivity contribution in [3.63, 3.8) is 0 Å². The van der Waals surface area contributed by atoms with Crippen LogP contribution in [0.1, 0.15) is 46.0 Å². The van der Waals surface area contributed by atoms with Crippen molar-refractivity contribution < 1.29 is 19.5 Å². The zero-order valence-corrected chi connectivity index (χ0v) is 12.7. The van der Waals surface area contributed by atoms with Gasteiger partial charge in [-0.2, -0.15) is 0 Å². The number of likely N-dealkylation sites (tertiary alicyclic amines) is 1. The van der Waals surface area contributed by atoms with Gasteiger partial charge in [-0.25, -0.2) is 4.79 Å². The second-order valence-electron chi connectivity index (χ2n) is 6.52. The summed E-state index contributed by atoms with van der Waals surface area (Å²) in [4.78, 5) is 37.3. The van der Waals surface area contributed by atoms with Gasteiger partial charge in [-0.05, 0) is 32.1 Å². The van der Waals surface area contributed by atoms with Crippen molar-refractivity contribution in [1.82, 2.24) is 10.2 Å². The molecule has 2 amide bonds. The monoisotopic (exact) mass is 296 g/mol. The topological polar surface area (TPSA) is 86.7 Å². The molecule has 2 atom stereocenters. The summed E-state index contributed by atoms with van der Waals surface area (Å²) < 4.78 is 0. The van der Waals surface area contributed by atoms with Crippen molar-refractivity contribution in [2.45, 2.75) is 51.5 Å². The third-order valence-electron chi connectivity index (χ3n) is 4.38. The van der Waals surface area contributed by atoms with Crippen LogP contribution in [0.4, 0.5) is 0 Å². The Bertz CT molecular complexity index is 447. The predicted octanol–water partition coefficient (Wildman–Crippen LogP) is 1.00. The second-order valence-corrected chi connectivity index (χ2v) is 6.52. The predicted molar refractivity (Wildman–Crippen MR) is 76.5 cm³/mol. The van der Waals surface area contributed by atoms with Crippen LogP contribution in [0.3, 0.4) is 0 Å². The van der Waals surface area contributed by atoms with Gasteiger partial charge in [0.1, 0.15) is 5.54 Å². The molecule has 2 N–H and O–H groups in total. The van der Waals surface area contributed by atoms with Crippen molar-refractivity contribution in [3.05, 3.63) is 0 Å². The molecule has 0 aromatic rings. The lowest BCUT2D eigenvalue weighted by Gasteiger charge is -2.27. The summed E-state index contributed by atoms with van der Waals surface area (Å²) in [6.45, 7) is 4.57. The average Bonchev–Trinajstić information content (AvgIpc) is 3.13. The van der Waals surface area contributed by atoms with Gasteiger partial charge in [0.05, 0.1) is 5.92 Å². The molecule has 1 aliphatic carbocycles. The number of nitrogens with zero attached hydrogens (tertiary/aromatic N) is 1. The molecular formula is C15H24N2O4. The lowest BCUT2D eigenvalue weighted by molar-refractivity contribution is -0.147. The largest absolute Gasteiger partial charge is 0.480 e. The smallest absolute Gasteiger partial charge is 0.329 e. The minimum absolute atomic E-state index is 0.00886. The van der Waals surface area contributed by atoms with E-state index in [1.807, 2.05) is 6.92 Å². The average molecular weight is 296 g/mol. The van der Waals surface area contributed by atoms with E-state index in [-0.39, 0.29) is 18.2 Å². The van der Waals surface area contributed by atoms with E-state index in [1.165, 1.54) is 6.92 Å². The quantitative estimate of drug-likeness (QED) is 0.734. The van der Waals surface area contributed by atoms with Crippen molar-refractivity contribution in [2.24, 2.45) is 11.8 Å². The van der Waals surface area contributed by atoms with E-state index in [0.717, 1.165) is 19.4 Å². The first-order chi connectivity index (χ1) is 9.85. The highest BCUT2D eigenvalue weighted by atomic mass is 16.4. The Morgan fingerprint density at radius 2 is 2.10 bits per heavy atom. The van der Waals surface area contributed by atoms with E-state index in [9.17, 15) is 19.5 Å². The summed E-state index contributed by atoms with van der Waals surface area (Å²) >= 11 is 0. The van der Waals surface area contributed by atoms with Gasteiger partial charge in [0.2, 0.25) is 11.8 Å². The van der Waals surface area contributed by atoms with Gasteiger partial charge < -0.3 is 15.3 Å². The summed E-state index contributed by atoms with van der Waals surface area (Å²) in [6.07, 6.45) is 3.56. The van der Waals surface area contributed by atoms with Gasteiger partial charge in [-0.1, -0.05) is 13.3 Å². The van der Waals surface area contributed by atoms with Crippen molar-refractivity contribution in [3.8, 4) is 0 Å². The molecule has 2 aliphatic rings. The molecule has 0 aromatic carbocycles. The first kappa shape index (κ1) is 15.8. The standard InChI is InChI=1S/C15H24N2O4/c1-3-6-15(2,14(20)21)16-13(19)11-7-12(18)17(9-11)8-10-4-5-10/h10-11H,3-9H2,1-2H3,(H,16,19)(H,20,21). The lowest BCUT2D eigenvalue weighted by Crippen LogP contribution is -2.54. The highest BCUT2D eigenvalue weighted by molar-refractivity contribution is 5.92. The molecule has 0 aromatic heterocycles. The SMILES string of the molecule is CCCC(C)(NC(=O)C1CC(=O)N(CC2CC2)C1)C(=O)O. The van der Waals surface area contributed by atoms with E-state index in [2.05, 4.69) is 5.32 Å². The Labute approximate surface area is 124 Å². The normalized spacial score (nSPS) is 24.8. The molecule has 21 heavy (non-hydrogen) atoms. The number of hydrogen-bond donors (Lipinski definition) is 2. The van der Waals surface area contributed by atoms with Crippen molar-refractivity contribution >= 4 is 17.8 Å². The Balaban J connectivity index is 1.93. The summed E-state index contributed by atoms with van der Waals surface area (Å²) in [7, 11) is 0. The number of amides is 2. The third kappa shape index (κ3) is 3.74. The molecule has 6 heteroatoms. The third-order valence-corrected chi connectivity index (χ3v) is 4.38. The molecule has 6 nitrogen and oxygen atoms in total. The highest BCUT2D eigenvalue weighted by Gasteiger charge is 2.41. The fourth-order valence-corrected chi connectivity index (χ4v) is 2.83. The number of hydrogen-bond acceptors (Lipinski definition) is 3. The van der Waals surface area contributed by atoms with Crippen LogP contribution in [0.15, 0.2) is 0 Å². The first-order valence-corrected chi connectivity index (χ1v) is 7.69. The maximum absolute atomic E-state index is 12.3. The number of aliphatic carboxylic acids is 1. The molecule has 2 unspecified atom stereocenters. The molecule has 1 saturated heterocycles. The van der Waals surface area contributed by atoms with E-state index in [4.69, 9.17) is 0 Å². The highest BCUT2D eigenvalue weighted by Crippen LogP contribution is 2.32. The number of carbonyl (C=O) groups is 3. The fraction of sp³-hybridized carbons (Fsp3) is 0.800. The van der Waals surface area contributed by atoms with Crippen molar-refractivity contribution in [2.75, 3.05) is 13.1 Å². The molecule has 1 heterocycles. The molecule has 1 saturated carbocycles. The Kier molecular flexibility index (Phi) is 4.54. The van der Waals surface area contributed by atoms with Crippen LogP contribution in [0.2, 0.25) is 0 Å². The second kappa shape index (κ2) is 6.03. The Morgan fingerprint density at radius 3 is 2.62 bits per heavy atom. The van der Waals surface area contributed by atoms with Crippen LogP contribution in [-0.2, 0) is 14.4 Å². The van der Waals surface area contributed by atoms with Crippen LogP contribution in [-0.4, -0.2) is 46.4 Å². The Hall–Kier alpha value is -1.59. The number of carboxylic acid groups (broad SMARTS) is 1. The van der Waals surface area contributed by atoms with Gasteiger partial charge in [0.25, 0.3) is 0 Å². The number of carboxylic acids is 1. The van der Waals surface area contributed by atoms with Gasteiger partial charge in [0.15, 0.2) is 0 Å². The minimum atomic E-state index is -1.25. The Morgan fingerprint density at radius 1 is 1.43 bits per heavy atom. The number of carbonyl (C=O) groups excluding carboxylic acids is 2. The summed E-state index contributed by atoms with van der Waals surface area (Å²) in [5, 5.41) is 11.9. The molecule has 0 spiro atoms. The van der Waals surface area contributed by atoms with E-state index >= 15 is 0 Å². The lowest BCUT2D eigenvalue weighted by atomic mass is 9.95. The maximum Gasteiger partial charge on any atom is 0.329 e. The minimum Gasteiger partial charge on any atom is -0.480 e. The first-order valence-electron chi connectivity index (χ1n) is 7.69. The molecule has 118 valence electrons. The van der Waals surface area contributed by atoms with Gasteiger partial charge >= 0.3 is 5.97 Å². The zero-order chi connectivity index (χ0) is 15.6. The molecule has 2 fully saturated rings. The number of nitrogens with one attached hydrogen (secondary N) is 1. The fourth-order valence-electron chi connectivity index (χ4n) is 2.83. The summed E-state index contributed by atoms with van der Waals surface area (Å²) in [5.74, 6) is -1.17. The molecular weight excluding hydrogens is 272 g/mol. The van der Waals surface area contributed by atoms with Crippen LogP contribution in [0, 0.1) is 11.8 Å². The van der Waals surface area contributed by atoms with Gasteiger partial charge in [-0.15, -0.1) is 0 Å². The van der Waals surface area contributed by atoms with E-state index in [0.29, 0.717) is 25.3 Å². The van der Waals surface area contributed by atoms with Crippen LogP contribution >= 0.6 is 0 Å². The van der Waals surface area contributed by atoms with Crippen molar-refractivity contribution in [1.29, 1.82) is 0 Å². The summed E-state index contributed by atoms with van der Waals surface area (Å²) in [5.41, 5.74) is -1.25. The van der Waals surface area contributed by atoms with Crippen LogP contribution in [0.25, 0.3) is 0 Å². The molecule has 0 bridgehead atoms. The van der Waals surface area contributed by atoms with Gasteiger partial charge in [-0.3, -0.25) is 9.59 Å². The molecule has 2 rings (SSSR count). The zero-order valence-electron chi connectivity index (χ0n) is 12.7. The molecule has 0 radical (unpaired) electrons. The van der Waals surface area contributed by atoms with Crippen LogP contribution in [0.5, 0.6) is 0 Å². The maximum atomic E-state index is 12.3. The van der Waals surface area contributed by atoms with Gasteiger partial charge in [0, 0.05) is 19.5 Å².